The Balaban J connectivity index is 0.000000157. The lowest BCUT2D eigenvalue weighted by atomic mass is 9.64. The van der Waals surface area contributed by atoms with Gasteiger partial charge in [0, 0.05) is 0 Å². The van der Waals surface area contributed by atoms with Crippen molar-refractivity contribution in [3.05, 3.63) is 0 Å². The van der Waals surface area contributed by atoms with Gasteiger partial charge < -0.3 is 0 Å². The van der Waals surface area contributed by atoms with Crippen LogP contribution in [0.5, 0.6) is 0 Å². The molecule has 0 aromatic heterocycles. The second kappa shape index (κ2) is 49.7. The minimum absolute atomic E-state index is 0.535. The van der Waals surface area contributed by atoms with Crippen molar-refractivity contribution in [2.45, 2.75) is 584 Å². The van der Waals surface area contributed by atoms with Gasteiger partial charge >= 0.3 is 0 Å². The molecule has 0 spiro atoms. The van der Waals surface area contributed by atoms with Crippen LogP contribution >= 0.6 is 0 Å². The minimum atomic E-state index is 0.535. The molecule has 0 heterocycles. The predicted molar refractivity (Wildman–Crippen MR) is 540 cm³/mol. The highest BCUT2D eigenvalue weighted by molar-refractivity contribution is 4.92. The molecule has 0 saturated heterocycles. The van der Waals surface area contributed by atoms with E-state index in [1.165, 1.54) is 244 Å². The van der Waals surface area contributed by atoms with E-state index >= 15 is 0 Å². The van der Waals surface area contributed by atoms with Crippen molar-refractivity contribution in [3.8, 4) is 0 Å². The number of hydrogen-bond donors (Lipinski definition) is 0. The van der Waals surface area contributed by atoms with Crippen molar-refractivity contribution in [2.75, 3.05) is 0 Å². The largest absolute Gasteiger partial charge is 0.0602 e. The third kappa shape index (κ3) is 44.4. The van der Waals surface area contributed by atoms with Crippen molar-refractivity contribution >= 4 is 0 Å². The SMILES string of the molecule is CC(C)(C)CC1CC2CCCC(CC2)C1.CC(C)(C)CC1CC2CCCC(CCC2)C1.CC(C)(C)CC1CC2CCCCC(CC2)C1.CC(C)(C)CC1CC2CCCCC(CCC2)C1.CC(C)(C)CC1CC2CCCCC1CC2.CC(C)(C)CC1CCC2CC(C2)C1.CC(C)(C)CC1CCC2CCC(C2)C1.CC(C)(C)CC1CCC2CCC(CC2)C1. The molecule has 710 valence electrons. The third-order valence-electron chi connectivity index (χ3n) is 35.9. The molecule has 21 saturated carbocycles. The lowest BCUT2D eigenvalue weighted by molar-refractivity contribution is 0.101. The zero-order chi connectivity index (χ0) is 87.8. The van der Waals surface area contributed by atoms with E-state index in [1.54, 1.807) is 173 Å². The number of fused-ring (bicyclic) bond motifs is 34. The molecule has 14 unspecified atom stereocenters. The molecule has 0 N–H and O–H groups in total. The normalized spacial score (nSPS) is 37.3. The Hall–Kier alpha value is 0. The Kier molecular flexibility index (Phi) is 43.0. The van der Waals surface area contributed by atoms with Crippen LogP contribution < -0.4 is 0 Å². The summed E-state index contributed by atoms with van der Waals surface area (Å²) in [6.45, 7) is 57.9. The molecule has 21 aliphatic carbocycles. The Morgan fingerprint density at radius 3 is 0.612 bits per heavy atom. The van der Waals surface area contributed by atoms with E-state index in [0.29, 0.717) is 43.3 Å². The van der Waals surface area contributed by atoms with Gasteiger partial charge in [0.1, 0.15) is 0 Å². The van der Waals surface area contributed by atoms with Crippen LogP contribution in [0.3, 0.4) is 0 Å². The van der Waals surface area contributed by atoms with E-state index in [4.69, 9.17) is 0 Å². The molecule has 21 fully saturated rings. The van der Waals surface area contributed by atoms with Gasteiger partial charge in [0.25, 0.3) is 0 Å². The van der Waals surface area contributed by atoms with Gasteiger partial charge in [-0.2, -0.15) is 0 Å². The highest BCUT2D eigenvalue weighted by atomic mass is 14.5. The Labute approximate surface area is 763 Å². The molecule has 0 heteroatoms. The van der Waals surface area contributed by atoms with Crippen LogP contribution in [0.15, 0.2) is 0 Å². The maximum Gasteiger partial charge on any atom is -0.0378 e. The first-order valence-electron chi connectivity index (χ1n) is 56.7. The number of hydrogen-bond acceptors (Lipinski definition) is 0. The molecule has 0 aromatic carbocycles. The molecular formula is C121H226. The molecule has 0 nitrogen and oxygen atoms in total. The van der Waals surface area contributed by atoms with E-state index in [1.807, 2.05) is 0 Å². The topological polar surface area (TPSA) is 0 Å². The summed E-state index contributed by atoms with van der Waals surface area (Å²) in [6.07, 6.45) is 99.5. The molecule has 16 bridgehead atoms. The molecular weight excluding hydrogens is 1450 g/mol. The van der Waals surface area contributed by atoms with Crippen LogP contribution in [0.25, 0.3) is 0 Å². The molecule has 21 rings (SSSR count). The summed E-state index contributed by atoms with van der Waals surface area (Å²) in [5, 5.41) is 0. The summed E-state index contributed by atoms with van der Waals surface area (Å²) in [4.78, 5) is 0. The van der Waals surface area contributed by atoms with Gasteiger partial charge in [-0.25, -0.2) is 0 Å². The van der Waals surface area contributed by atoms with Crippen molar-refractivity contribution in [2.24, 2.45) is 185 Å². The zero-order valence-corrected chi connectivity index (χ0v) is 87.8. The van der Waals surface area contributed by atoms with Gasteiger partial charge in [0.2, 0.25) is 0 Å². The van der Waals surface area contributed by atoms with Crippen molar-refractivity contribution < 1.29 is 0 Å². The Bertz CT molecular complexity index is 2580. The zero-order valence-electron chi connectivity index (χ0n) is 87.8. The standard InChI is InChI=1S/C17H32.2C16H30.3C15H28.C14H26.C13H24/c1-17(2,3)13-16-11-14-7-4-5-8-15(12-16)10-6-9-14;1-16(2,3)12-15-10-13-6-4-7-14(11-15)9-5-8-13;1-16(2,3)12-15-10-13-6-4-5-7-14(11-15)9-8-13;1-15(2,3)11-14-9-6-12-4-7-13(10-14)8-5-12;1-15(2,3)11-14-9-12-5-4-6-13(10-14)8-7-12;1-15(2,3)11-14-10-12-6-4-5-7-13(14)9-8-12;1-14(2,3)10-13-7-5-11-4-6-12(8-11)9-13;1-13(2,3)9-11-5-4-10-6-12(7-10)8-11/h14-16H,4-13H2,1-3H3;2*13-15H,4-12H2,1-3H3;3*12-14H,4-11H2,1-3H3;11-13H,4-10H2,1-3H3;10-12H,4-9H2,1-3H3. The van der Waals surface area contributed by atoms with Gasteiger partial charge in [-0.3, -0.25) is 0 Å². The predicted octanol–water partition coefficient (Wildman–Crippen LogP) is 40.6. The minimum Gasteiger partial charge on any atom is -0.0602 e. The van der Waals surface area contributed by atoms with Crippen molar-refractivity contribution in [1.82, 2.24) is 0 Å². The van der Waals surface area contributed by atoms with E-state index in [2.05, 4.69) is 166 Å². The second-order valence-corrected chi connectivity index (χ2v) is 59.0. The van der Waals surface area contributed by atoms with E-state index < -0.39 is 0 Å². The quantitative estimate of drug-likeness (QED) is 0.227. The summed E-state index contributed by atoms with van der Waals surface area (Å²) in [6, 6.07) is 0. The van der Waals surface area contributed by atoms with Gasteiger partial charge in [-0.15, -0.1) is 0 Å². The van der Waals surface area contributed by atoms with E-state index in [9.17, 15) is 0 Å². The molecule has 21 aliphatic rings. The number of rotatable bonds is 8. The van der Waals surface area contributed by atoms with Crippen molar-refractivity contribution in [1.29, 1.82) is 0 Å². The van der Waals surface area contributed by atoms with E-state index in [-0.39, 0.29) is 0 Å². The maximum atomic E-state index is 2.43. The fraction of sp³-hybridized carbons (Fsp3) is 1.00. The average Bonchev–Trinajstić information content (AvgIpc) is 1.75. The van der Waals surface area contributed by atoms with Crippen LogP contribution in [0.2, 0.25) is 0 Å². The first-order valence-corrected chi connectivity index (χ1v) is 56.7. The summed E-state index contributed by atoms with van der Waals surface area (Å²) in [7, 11) is 0. The van der Waals surface area contributed by atoms with Crippen molar-refractivity contribution in [3.63, 3.8) is 0 Å². The lowest BCUT2D eigenvalue weighted by Crippen LogP contribution is -2.30. The Morgan fingerprint density at radius 2 is 0.298 bits per heavy atom. The van der Waals surface area contributed by atoms with Gasteiger partial charge in [-0.05, 0) is 339 Å². The van der Waals surface area contributed by atoms with Crippen LogP contribution in [0.4, 0.5) is 0 Å². The third-order valence-corrected chi connectivity index (χ3v) is 35.9. The molecule has 14 atom stereocenters. The first-order chi connectivity index (χ1) is 56.7. The van der Waals surface area contributed by atoms with E-state index in [0.717, 1.165) is 142 Å². The first kappa shape index (κ1) is 105. The van der Waals surface area contributed by atoms with Gasteiger partial charge in [-0.1, -0.05) is 429 Å². The smallest absolute Gasteiger partial charge is 0.0378 e. The molecule has 0 amide bonds. The molecule has 0 aromatic rings. The summed E-state index contributed by atoms with van der Waals surface area (Å²) >= 11 is 0. The Morgan fingerprint density at radius 1 is 0.124 bits per heavy atom. The monoisotopic (exact) mass is 1680 g/mol. The highest BCUT2D eigenvalue weighted by Gasteiger charge is 2.41. The van der Waals surface area contributed by atoms with Gasteiger partial charge in [0.15, 0.2) is 0 Å². The van der Waals surface area contributed by atoms with Crippen LogP contribution in [0, 0.1) is 185 Å². The lowest BCUT2D eigenvalue weighted by Gasteiger charge is -2.41. The highest BCUT2D eigenvalue weighted by Crippen LogP contribution is 2.53. The summed E-state index contributed by atoms with van der Waals surface area (Å²) in [5.74, 6) is 25.8. The molecule has 121 heavy (non-hydrogen) atoms. The molecule has 0 radical (unpaired) electrons. The summed E-state index contributed by atoms with van der Waals surface area (Å²) < 4.78 is 0. The molecule has 0 aliphatic heterocycles. The van der Waals surface area contributed by atoms with Crippen LogP contribution in [0.1, 0.15) is 584 Å². The van der Waals surface area contributed by atoms with Crippen LogP contribution in [-0.2, 0) is 0 Å². The van der Waals surface area contributed by atoms with Gasteiger partial charge in [0.05, 0.1) is 0 Å². The fourth-order valence-electron chi connectivity index (χ4n) is 31.8. The maximum absolute atomic E-state index is 2.43. The van der Waals surface area contributed by atoms with Crippen LogP contribution in [-0.4, -0.2) is 0 Å². The fourth-order valence-corrected chi connectivity index (χ4v) is 31.8. The second-order valence-electron chi connectivity index (χ2n) is 59.0. The summed E-state index contributed by atoms with van der Waals surface area (Å²) in [5.41, 5.74) is 4.35. The average molecular weight is 1680 g/mol.